The molecule has 156 valence electrons. The Balaban J connectivity index is 2.12. The summed E-state index contributed by atoms with van der Waals surface area (Å²) in [5.74, 6) is 0.727. The summed E-state index contributed by atoms with van der Waals surface area (Å²) < 4.78 is 37.5. The molecule has 0 aliphatic heterocycles. The molecule has 0 aromatic heterocycles. The van der Waals surface area contributed by atoms with Crippen LogP contribution in [0, 0.1) is 13.8 Å². The largest absolute Gasteiger partial charge is 0.493 e. The first-order chi connectivity index (χ1) is 12.9. The van der Waals surface area contributed by atoms with Gasteiger partial charge in [-0.15, -0.1) is 0 Å². The van der Waals surface area contributed by atoms with Crippen molar-refractivity contribution in [2.45, 2.75) is 103 Å². The first-order valence-corrected chi connectivity index (χ1v) is 12.0. The molecule has 0 spiro atoms. The monoisotopic (exact) mass is 398 g/mol. The van der Waals surface area contributed by atoms with Crippen LogP contribution in [0.5, 0.6) is 5.75 Å². The smallest absolute Gasteiger partial charge is 0.294 e. The molecule has 0 bridgehead atoms. The Labute approximate surface area is 166 Å². The van der Waals surface area contributed by atoms with Gasteiger partial charge in [-0.25, -0.2) is 0 Å². The third kappa shape index (κ3) is 10.2. The SMILES string of the molecule is CCCCCCCCCCCCCCOc1c(C)cc(S(=O)(=O)O)cc1C. The van der Waals surface area contributed by atoms with Gasteiger partial charge in [0, 0.05) is 0 Å². The first kappa shape index (κ1) is 24.0. The second-order valence-electron chi connectivity index (χ2n) is 7.60. The lowest BCUT2D eigenvalue weighted by Gasteiger charge is -2.13. The quantitative estimate of drug-likeness (QED) is 0.266. The summed E-state index contributed by atoms with van der Waals surface area (Å²) in [6.45, 7) is 6.51. The van der Waals surface area contributed by atoms with E-state index >= 15 is 0 Å². The van der Waals surface area contributed by atoms with Crippen molar-refractivity contribution in [1.82, 2.24) is 0 Å². The number of benzene rings is 1. The second kappa shape index (κ2) is 13.2. The molecule has 1 rings (SSSR count). The molecule has 27 heavy (non-hydrogen) atoms. The molecule has 1 aromatic rings. The van der Waals surface area contributed by atoms with E-state index in [0.29, 0.717) is 6.61 Å². The molecule has 1 N–H and O–H groups in total. The van der Waals surface area contributed by atoms with E-state index in [1.54, 1.807) is 13.8 Å². The number of hydrogen-bond donors (Lipinski definition) is 1. The molecule has 5 heteroatoms. The predicted molar refractivity (Wildman–Crippen MR) is 112 cm³/mol. The van der Waals surface area contributed by atoms with Crippen LogP contribution in [0.3, 0.4) is 0 Å². The van der Waals surface area contributed by atoms with Crippen molar-refractivity contribution < 1.29 is 17.7 Å². The number of unbranched alkanes of at least 4 members (excludes halogenated alkanes) is 11. The molecular formula is C22H38O4S. The van der Waals surface area contributed by atoms with Gasteiger partial charge in [0.25, 0.3) is 10.1 Å². The van der Waals surface area contributed by atoms with Crippen molar-refractivity contribution >= 4 is 10.1 Å². The summed E-state index contributed by atoms with van der Waals surface area (Å²) >= 11 is 0. The zero-order valence-electron chi connectivity index (χ0n) is 17.4. The third-order valence-electron chi connectivity index (χ3n) is 4.98. The van der Waals surface area contributed by atoms with E-state index in [9.17, 15) is 8.42 Å². The van der Waals surface area contributed by atoms with E-state index in [1.807, 2.05) is 0 Å². The molecule has 0 aliphatic carbocycles. The molecule has 1 aromatic carbocycles. The maximum atomic E-state index is 11.2. The van der Waals surface area contributed by atoms with Crippen LogP contribution in [0.2, 0.25) is 0 Å². The van der Waals surface area contributed by atoms with Crippen LogP contribution >= 0.6 is 0 Å². The second-order valence-corrected chi connectivity index (χ2v) is 9.02. The van der Waals surface area contributed by atoms with Crippen LogP contribution in [0.4, 0.5) is 0 Å². The van der Waals surface area contributed by atoms with Crippen molar-refractivity contribution in [3.63, 3.8) is 0 Å². The number of rotatable bonds is 15. The molecule has 0 radical (unpaired) electrons. The standard InChI is InChI=1S/C22H38O4S/c1-4-5-6-7-8-9-10-11-12-13-14-15-16-26-22-19(2)17-21(18-20(22)3)27(23,24)25/h17-18H,4-16H2,1-3H3,(H,23,24,25). The van der Waals surface area contributed by atoms with Gasteiger partial charge in [0.1, 0.15) is 5.75 Å². The highest BCUT2D eigenvalue weighted by Gasteiger charge is 2.14. The van der Waals surface area contributed by atoms with E-state index in [2.05, 4.69) is 6.92 Å². The highest BCUT2D eigenvalue weighted by atomic mass is 32.2. The highest BCUT2D eigenvalue weighted by Crippen LogP contribution is 2.27. The van der Waals surface area contributed by atoms with Gasteiger partial charge in [0.15, 0.2) is 0 Å². The van der Waals surface area contributed by atoms with Gasteiger partial charge in [-0.05, 0) is 43.5 Å². The zero-order chi connectivity index (χ0) is 20.1. The molecular weight excluding hydrogens is 360 g/mol. The summed E-state index contributed by atoms with van der Waals surface area (Å²) in [5, 5.41) is 0. The molecule has 4 nitrogen and oxygen atoms in total. The van der Waals surface area contributed by atoms with E-state index in [1.165, 1.54) is 76.3 Å². The first-order valence-electron chi connectivity index (χ1n) is 10.6. The lowest BCUT2D eigenvalue weighted by Crippen LogP contribution is -2.04. The van der Waals surface area contributed by atoms with Crippen LogP contribution in [0.25, 0.3) is 0 Å². The number of ether oxygens (including phenoxy) is 1. The Bertz CT molecular complexity index is 615. The maximum absolute atomic E-state index is 11.2. The minimum atomic E-state index is -4.17. The van der Waals surface area contributed by atoms with Gasteiger partial charge in [0.2, 0.25) is 0 Å². The molecule has 0 saturated carbocycles. The van der Waals surface area contributed by atoms with E-state index in [4.69, 9.17) is 9.29 Å². The van der Waals surface area contributed by atoms with Crippen molar-refractivity contribution in [2.24, 2.45) is 0 Å². The van der Waals surface area contributed by atoms with Gasteiger partial charge in [-0.1, -0.05) is 77.6 Å². The van der Waals surface area contributed by atoms with Crippen LogP contribution < -0.4 is 4.74 Å². The lowest BCUT2D eigenvalue weighted by atomic mass is 10.1. The zero-order valence-corrected chi connectivity index (χ0v) is 18.2. The van der Waals surface area contributed by atoms with E-state index < -0.39 is 10.1 Å². The Morgan fingerprint density at radius 2 is 1.19 bits per heavy atom. The molecule has 0 saturated heterocycles. The summed E-state index contributed by atoms with van der Waals surface area (Å²) in [7, 11) is -4.17. The summed E-state index contributed by atoms with van der Waals surface area (Å²) in [4.78, 5) is -0.0739. The summed E-state index contributed by atoms with van der Waals surface area (Å²) in [6, 6.07) is 2.92. The number of aryl methyl sites for hydroxylation is 2. The Morgan fingerprint density at radius 3 is 1.59 bits per heavy atom. The Kier molecular flexibility index (Phi) is 11.7. The summed E-state index contributed by atoms with van der Waals surface area (Å²) in [6.07, 6.45) is 15.7. The van der Waals surface area contributed by atoms with Gasteiger partial charge < -0.3 is 4.74 Å². The van der Waals surface area contributed by atoms with E-state index in [-0.39, 0.29) is 4.90 Å². The van der Waals surface area contributed by atoms with E-state index in [0.717, 1.165) is 29.7 Å². The molecule has 0 atom stereocenters. The molecule has 0 heterocycles. The van der Waals surface area contributed by atoms with Crippen molar-refractivity contribution in [1.29, 1.82) is 0 Å². The minimum absolute atomic E-state index is 0.0739. The van der Waals surface area contributed by atoms with Crippen LogP contribution in [-0.4, -0.2) is 19.6 Å². The van der Waals surface area contributed by atoms with Gasteiger partial charge >= 0.3 is 0 Å². The summed E-state index contributed by atoms with van der Waals surface area (Å²) in [5.41, 5.74) is 1.48. The fourth-order valence-corrected chi connectivity index (χ4v) is 4.06. The minimum Gasteiger partial charge on any atom is -0.493 e. The maximum Gasteiger partial charge on any atom is 0.294 e. The highest BCUT2D eigenvalue weighted by molar-refractivity contribution is 7.85. The van der Waals surface area contributed by atoms with Gasteiger partial charge in [-0.2, -0.15) is 8.42 Å². The van der Waals surface area contributed by atoms with Crippen molar-refractivity contribution in [3.05, 3.63) is 23.3 Å². The third-order valence-corrected chi connectivity index (χ3v) is 5.81. The topological polar surface area (TPSA) is 63.6 Å². The van der Waals surface area contributed by atoms with Gasteiger partial charge in [0.05, 0.1) is 11.5 Å². The average Bonchev–Trinajstić information content (AvgIpc) is 2.60. The van der Waals surface area contributed by atoms with Crippen molar-refractivity contribution in [3.8, 4) is 5.75 Å². The Morgan fingerprint density at radius 1 is 0.778 bits per heavy atom. The lowest BCUT2D eigenvalue weighted by molar-refractivity contribution is 0.300. The molecule has 0 unspecified atom stereocenters. The molecule has 0 amide bonds. The Hall–Kier alpha value is -1.07. The van der Waals surface area contributed by atoms with Crippen molar-refractivity contribution in [2.75, 3.05) is 6.61 Å². The molecule has 0 fully saturated rings. The molecule has 0 aliphatic rings. The fourth-order valence-electron chi connectivity index (χ4n) is 3.40. The van der Waals surface area contributed by atoms with Crippen LogP contribution in [-0.2, 0) is 10.1 Å². The fraction of sp³-hybridized carbons (Fsp3) is 0.727. The predicted octanol–water partition coefficient (Wildman–Crippen LogP) is 6.63. The number of hydrogen-bond acceptors (Lipinski definition) is 3. The average molecular weight is 399 g/mol. The van der Waals surface area contributed by atoms with Crippen LogP contribution in [0.15, 0.2) is 17.0 Å². The van der Waals surface area contributed by atoms with Gasteiger partial charge in [-0.3, -0.25) is 4.55 Å². The normalized spacial score (nSPS) is 11.7. The van der Waals surface area contributed by atoms with Crippen LogP contribution in [0.1, 0.15) is 95.1 Å².